The maximum absolute atomic E-state index is 11.6. The van der Waals surface area contributed by atoms with Crippen LogP contribution in [0.1, 0.15) is 12.5 Å². The van der Waals surface area contributed by atoms with Gasteiger partial charge in [-0.2, -0.15) is 0 Å². The highest BCUT2D eigenvalue weighted by atomic mass is 16.5. The molecule has 1 atom stereocenters. The van der Waals surface area contributed by atoms with Crippen LogP contribution in [0.25, 0.3) is 0 Å². The molecular weight excluding hydrogens is 230 g/mol. The van der Waals surface area contributed by atoms with Gasteiger partial charge in [0.1, 0.15) is 5.75 Å². The Labute approximate surface area is 107 Å². The lowest BCUT2D eigenvalue weighted by molar-refractivity contribution is -0.128. The van der Waals surface area contributed by atoms with E-state index in [2.05, 4.69) is 10.2 Å². The minimum Gasteiger partial charge on any atom is -0.496 e. The molecule has 0 aliphatic carbocycles. The highest BCUT2D eigenvalue weighted by Crippen LogP contribution is 2.24. The number of nitrogens with one attached hydrogen (secondary N) is 1. The molecule has 0 radical (unpaired) electrons. The molecule has 1 aromatic rings. The Balaban J connectivity index is 2.15. The summed E-state index contributed by atoms with van der Waals surface area (Å²) < 4.78 is 5.32. The zero-order chi connectivity index (χ0) is 13.1. The summed E-state index contributed by atoms with van der Waals surface area (Å²) in [5.41, 5.74) is 7.46. The molecule has 18 heavy (non-hydrogen) atoms. The lowest BCUT2D eigenvalue weighted by atomic mass is 10.1. The fraction of sp³-hybridized carbons (Fsp3) is 0.462. The normalized spacial score (nSPS) is 20.6. The summed E-state index contributed by atoms with van der Waals surface area (Å²) in [6.45, 7) is 4.15. The number of anilines is 1. The second-order valence-electron chi connectivity index (χ2n) is 4.51. The molecule has 1 aliphatic heterocycles. The maximum Gasteiger partial charge on any atom is 0.237 e. The summed E-state index contributed by atoms with van der Waals surface area (Å²) in [6, 6.07) is 5.50. The number of piperazine rings is 1. The topological polar surface area (TPSA) is 67.6 Å². The molecule has 2 rings (SSSR count). The van der Waals surface area contributed by atoms with Crippen LogP contribution >= 0.6 is 0 Å². The molecule has 0 aromatic heterocycles. The number of nitrogens with two attached hydrogens (primary N) is 1. The predicted molar refractivity (Wildman–Crippen MR) is 70.3 cm³/mol. The van der Waals surface area contributed by atoms with Crippen molar-refractivity contribution in [2.24, 2.45) is 0 Å². The molecule has 1 fully saturated rings. The van der Waals surface area contributed by atoms with Crippen LogP contribution in [0.4, 0.5) is 5.69 Å². The van der Waals surface area contributed by atoms with Crippen LogP contribution in [0, 0.1) is 0 Å². The van der Waals surface area contributed by atoms with Crippen molar-refractivity contribution in [1.29, 1.82) is 0 Å². The second-order valence-corrected chi connectivity index (χ2v) is 4.51. The van der Waals surface area contributed by atoms with E-state index < -0.39 is 0 Å². The van der Waals surface area contributed by atoms with Gasteiger partial charge in [0.25, 0.3) is 0 Å². The number of ether oxygens (including phenoxy) is 1. The number of methoxy groups -OCH3 is 1. The largest absolute Gasteiger partial charge is 0.496 e. The Morgan fingerprint density at radius 3 is 3.06 bits per heavy atom. The van der Waals surface area contributed by atoms with Gasteiger partial charge in [0.2, 0.25) is 5.91 Å². The van der Waals surface area contributed by atoms with Crippen LogP contribution in [0.15, 0.2) is 18.2 Å². The van der Waals surface area contributed by atoms with Crippen LogP contribution in [-0.2, 0) is 11.3 Å². The minimum absolute atomic E-state index is 0.0793. The second kappa shape index (κ2) is 5.27. The van der Waals surface area contributed by atoms with Gasteiger partial charge >= 0.3 is 0 Å². The molecule has 1 heterocycles. The number of nitrogen functional groups attached to an aromatic ring is 1. The molecule has 5 heteroatoms. The first-order valence-electron chi connectivity index (χ1n) is 6.06. The Bertz CT molecular complexity index is 448. The van der Waals surface area contributed by atoms with Crippen LogP contribution < -0.4 is 15.8 Å². The highest BCUT2D eigenvalue weighted by molar-refractivity contribution is 5.82. The summed E-state index contributed by atoms with van der Waals surface area (Å²) in [6.07, 6.45) is 0. The Morgan fingerprint density at radius 1 is 1.56 bits per heavy atom. The van der Waals surface area contributed by atoms with Crippen molar-refractivity contribution < 1.29 is 9.53 Å². The molecule has 1 amide bonds. The molecule has 5 nitrogen and oxygen atoms in total. The molecule has 1 aromatic carbocycles. The van der Waals surface area contributed by atoms with Gasteiger partial charge in [-0.1, -0.05) is 6.07 Å². The van der Waals surface area contributed by atoms with E-state index >= 15 is 0 Å². The van der Waals surface area contributed by atoms with E-state index in [1.54, 1.807) is 7.11 Å². The van der Waals surface area contributed by atoms with Crippen LogP contribution in [-0.4, -0.2) is 37.0 Å². The minimum atomic E-state index is -0.110. The predicted octanol–water partition coefficient (Wildman–Crippen LogP) is 0.598. The number of hydrogen-bond donors (Lipinski definition) is 2. The molecule has 3 N–H and O–H groups in total. The third-order valence-electron chi connectivity index (χ3n) is 3.31. The quantitative estimate of drug-likeness (QED) is 0.770. The van der Waals surface area contributed by atoms with Crippen molar-refractivity contribution in [2.45, 2.75) is 19.5 Å². The summed E-state index contributed by atoms with van der Waals surface area (Å²) in [4.78, 5) is 13.7. The third-order valence-corrected chi connectivity index (χ3v) is 3.31. The average Bonchev–Trinajstić information content (AvgIpc) is 2.37. The first-order chi connectivity index (χ1) is 8.61. The van der Waals surface area contributed by atoms with E-state index in [0.29, 0.717) is 18.8 Å². The highest BCUT2D eigenvalue weighted by Gasteiger charge is 2.25. The molecule has 1 aliphatic rings. The van der Waals surface area contributed by atoms with Crippen molar-refractivity contribution in [2.75, 3.05) is 25.9 Å². The van der Waals surface area contributed by atoms with Crippen LogP contribution in [0.2, 0.25) is 0 Å². The zero-order valence-electron chi connectivity index (χ0n) is 10.8. The van der Waals surface area contributed by atoms with E-state index in [9.17, 15) is 4.79 Å². The third kappa shape index (κ3) is 2.56. The van der Waals surface area contributed by atoms with Crippen molar-refractivity contribution in [3.8, 4) is 5.75 Å². The lowest BCUT2D eigenvalue weighted by Crippen LogP contribution is -2.53. The van der Waals surface area contributed by atoms with Gasteiger partial charge in [-0.15, -0.1) is 0 Å². The van der Waals surface area contributed by atoms with Crippen LogP contribution in [0.3, 0.4) is 0 Å². The van der Waals surface area contributed by atoms with Gasteiger partial charge in [0.15, 0.2) is 0 Å². The monoisotopic (exact) mass is 249 g/mol. The molecule has 0 saturated carbocycles. The van der Waals surface area contributed by atoms with E-state index in [4.69, 9.17) is 10.5 Å². The summed E-state index contributed by atoms with van der Waals surface area (Å²) in [5.74, 6) is 0.851. The number of rotatable bonds is 3. The number of hydrogen-bond acceptors (Lipinski definition) is 4. The first-order valence-corrected chi connectivity index (χ1v) is 6.06. The number of amides is 1. The lowest BCUT2D eigenvalue weighted by Gasteiger charge is -2.33. The van der Waals surface area contributed by atoms with Gasteiger partial charge < -0.3 is 15.8 Å². The first kappa shape index (κ1) is 12.7. The van der Waals surface area contributed by atoms with E-state index in [1.165, 1.54) is 0 Å². The SMILES string of the molecule is COc1cc(N)ccc1CN1CCNC(=O)C1C. The maximum atomic E-state index is 11.6. The van der Waals surface area contributed by atoms with Gasteiger partial charge in [0.05, 0.1) is 13.2 Å². The fourth-order valence-corrected chi connectivity index (χ4v) is 2.16. The number of carbonyl (C=O) groups excluding carboxylic acids is 1. The number of carbonyl (C=O) groups is 1. The molecule has 0 spiro atoms. The zero-order valence-corrected chi connectivity index (χ0v) is 10.8. The van der Waals surface area contributed by atoms with Crippen molar-refractivity contribution in [3.63, 3.8) is 0 Å². The van der Waals surface area contributed by atoms with Gasteiger partial charge in [-0.25, -0.2) is 0 Å². The van der Waals surface area contributed by atoms with Crippen molar-refractivity contribution in [3.05, 3.63) is 23.8 Å². The van der Waals surface area contributed by atoms with E-state index in [1.807, 2.05) is 25.1 Å². The Kier molecular flexibility index (Phi) is 3.72. The average molecular weight is 249 g/mol. The van der Waals surface area contributed by atoms with Gasteiger partial charge in [-0.05, 0) is 13.0 Å². The summed E-state index contributed by atoms with van der Waals surface area (Å²) in [7, 11) is 1.63. The molecule has 1 unspecified atom stereocenters. The van der Waals surface area contributed by atoms with Crippen molar-refractivity contribution >= 4 is 11.6 Å². The summed E-state index contributed by atoms with van der Waals surface area (Å²) >= 11 is 0. The van der Waals surface area contributed by atoms with Crippen LogP contribution in [0.5, 0.6) is 5.75 Å². The fourth-order valence-electron chi connectivity index (χ4n) is 2.16. The Morgan fingerprint density at radius 2 is 2.33 bits per heavy atom. The van der Waals surface area contributed by atoms with E-state index in [-0.39, 0.29) is 11.9 Å². The number of nitrogens with zero attached hydrogens (tertiary/aromatic N) is 1. The number of benzene rings is 1. The van der Waals surface area contributed by atoms with Crippen molar-refractivity contribution in [1.82, 2.24) is 10.2 Å². The summed E-state index contributed by atoms with van der Waals surface area (Å²) in [5, 5.41) is 2.85. The molecule has 1 saturated heterocycles. The van der Waals surface area contributed by atoms with E-state index in [0.717, 1.165) is 17.9 Å². The molecule has 0 bridgehead atoms. The smallest absolute Gasteiger partial charge is 0.237 e. The molecule has 98 valence electrons. The molecular formula is C13H19N3O2. The standard InChI is InChI=1S/C13H19N3O2/c1-9-13(17)15-5-6-16(9)8-10-3-4-11(14)7-12(10)18-2/h3-4,7,9H,5-6,8,14H2,1-2H3,(H,15,17). The van der Waals surface area contributed by atoms with Gasteiger partial charge in [0, 0.05) is 37.0 Å². The van der Waals surface area contributed by atoms with Gasteiger partial charge in [-0.3, -0.25) is 9.69 Å². The Hall–Kier alpha value is -1.75.